The standard InChI is InChI=1S/C16H26N2O2/c1-12(2)15(19)8-10-18-16(20)17-9-7-14-6-4-5-13(3)11-14/h4-6,11-12,15,19H,7-10H2,1-3H3,(H2,17,18,20). The fourth-order valence-electron chi connectivity index (χ4n) is 1.92. The van der Waals surface area contributed by atoms with E-state index in [4.69, 9.17) is 0 Å². The van der Waals surface area contributed by atoms with Crippen molar-refractivity contribution in [2.45, 2.75) is 39.7 Å². The Kier molecular flexibility index (Phi) is 7.09. The number of nitrogens with one attached hydrogen (secondary N) is 2. The molecule has 4 heteroatoms. The van der Waals surface area contributed by atoms with Crippen LogP contribution in [0.4, 0.5) is 4.79 Å². The SMILES string of the molecule is Cc1cccc(CCNC(=O)NCCC(O)C(C)C)c1. The Morgan fingerprint density at radius 1 is 1.25 bits per heavy atom. The molecule has 0 fully saturated rings. The maximum atomic E-state index is 11.5. The number of hydrogen-bond acceptors (Lipinski definition) is 2. The molecule has 0 heterocycles. The Hall–Kier alpha value is -1.55. The second-order valence-corrected chi connectivity index (χ2v) is 5.52. The molecule has 0 aliphatic heterocycles. The first-order chi connectivity index (χ1) is 9.49. The van der Waals surface area contributed by atoms with Crippen LogP contribution < -0.4 is 10.6 Å². The molecule has 1 rings (SSSR count). The smallest absolute Gasteiger partial charge is 0.314 e. The quantitative estimate of drug-likeness (QED) is 0.716. The Bertz CT molecular complexity index is 419. The largest absolute Gasteiger partial charge is 0.393 e. The van der Waals surface area contributed by atoms with E-state index in [2.05, 4.69) is 35.8 Å². The number of urea groups is 1. The van der Waals surface area contributed by atoms with E-state index in [1.807, 2.05) is 19.9 Å². The summed E-state index contributed by atoms with van der Waals surface area (Å²) in [5, 5.41) is 15.2. The van der Waals surface area contributed by atoms with E-state index < -0.39 is 0 Å². The molecule has 3 N–H and O–H groups in total. The summed E-state index contributed by atoms with van der Waals surface area (Å²) in [6.07, 6.45) is 1.05. The molecule has 0 aliphatic carbocycles. The number of hydrogen-bond donors (Lipinski definition) is 3. The van der Waals surface area contributed by atoms with Crippen LogP contribution in [0.1, 0.15) is 31.4 Å². The van der Waals surface area contributed by atoms with Crippen molar-refractivity contribution >= 4 is 6.03 Å². The minimum atomic E-state index is -0.359. The zero-order valence-electron chi connectivity index (χ0n) is 12.6. The molecular formula is C16H26N2O2. The van der Waals surface area contributed by atoms with Crippen molar-refractivity contribution in [2.75, 3.05) is 13.1 Å². The molecule has 2 amide bonds. The van der Waals surface area contributed by atoms with Gasteiger partial charge in [0.05, 0.1) is 6.10 Å². The van der Waals surface area contributed by atoms with Gasteiger partial charge in [0.1, 0.15) is 0 Å². The van der Waals surface area contributed by atoms with Crippen LogP contribution in [0.3, 0.4) is 0 Å². The predicted molar refractivity (Wildman–Crippen MR) is 81.7 cm³/mol. The minimum absolute atomic E-state index is 0.173. The van der Waals surface area contributed by atoms with E-state index in [0.29, 0.717) is 19.5 Å². The molecule has 4 nitrogen and oxygen atoms in total. The summed E-state index contributed by atoms with van der Waals surface area (Å²) in [5.41, 5.74) is 2.45. The van der Waals surface area contributed by atoms with Gasteiger partial charge in [-0.1, -0.05) is 43.7 Å². The van der Waals surface area contributed by atoms with E-state index in [0.717, 1.165) is 6.42 Å². The number of aryl methyl sites for hydroxylation is 1. The molecule has 0 spiro atoms. The normalized spacial score (nSPS) is 12.2. The number of rotatable bonds is 7. The Morgan fingerprint density at radius 3 is 2.60 bits per heavy atom. The highest BCUT2D eigenvalue weighted by atomic mass is 16.3. The monoisotopic (exact) mass is 278 g/mol. The van der Waals surface area contributed by atoms with Crippen molar-refractivity contribution in [3.63, 3.8) is 0 Å². The molecule has 0 saturated heterocycles. The molecule has 0 saturated carbocycles. The molecule has 20 heavy (non-hydrogen) atoms. The summed E-state index contributed by atoms with van der Waals surface area (Å²) < 4.78 is 0. The van der Waals surface area contributed by atoms with Crippen molar-refractivity contribution in [3.05, 3.63) is 35.4 Å². The molecule has 1 aromatic carbocycles. The molecular weight excluding hydrogens is 252 g/mol. The van der Waals surface area contributed by atoms with Gasteiger partial charge in [0.2, 0.25) is 0 Å². The zero-order chi connectivity index (χ0) is 15.0. The third-order valence-corrected chi connectivity index (χ3v) is 3.28. The minimum Gasteiger partial charge on any atom is -0.393 e. The van der Waals surface area contributed by atoms with Crippen molar-refractivity contribution in [1.82, 2.24) is 10.6 Å². The molecule has 0 radical (unpaired) electrons. The number of carbonyl (C=O) groups excluding carboxylic acids is 1. The summed E-state index contributed by atoms with van der Waals surface area (Å²) in [5.74, 6) is 0.223. The number of amides is 2. The van der Waals surface area contributed by atoms with Crippen LogP contribution in [0.2, 0.25) is 0 Å². The lowest BCUT2D eigenvalue weighted by Crippen LogP contribution is -2.38. The van der Waals surface area contributed by atoms with Gasteiger partial charge in [-0.3, -0.25) is 0 Å². The second kappa shape index (κ2) is 8.59. The third kappa shape index (κ3) is 6.57. The van der Waals surface area contributed by atoms with Crippen LogP contribution in [0.25, 0.3) is 0 Å². The lowest BCUT2D eigenvalue weighted by molar-refractivity contribution is 0.116. The van der Waals surface area contributed by atoms with Crippen LogP contribution in [0.15, 0.2) is 24.3 Å². The molecule has 0 aromatic heterocycles. The fourth-order valence-corrected chi connectivity index (χ4v) is 1.92. The highest BCUT2D eigenvalue weighted by molar-refractivity contribution is 5.73. The summed E-state index contributed by atoms with van der Waals surface area (Å²) in [7, 11) is 0. The lowest BCUT2D eigenvalue weighted by atomic mass is 10.0. The van der Waals surface area contributed by atoms with E-state index in [9.17, 15) is 9.90 Å². The third-order valence-electron chi connectivity index (χ3n) is 3.28. The van der Waals surface area contributed by atoms with Crippen molar-refractivity contribution < 1.29 is 9.90 Å². The van der Waals surface area contributed by atoms with Gasteiger partial charge >= 0.3 is 6.03 Å². The summed E-state index contributed by atoms with van der Waals surface area (Å²) in [6.45, 7) is 7.10. The number of benzene rings is 1. The van der Waals surface area contributed by atoms with E-state index >= 15 is 0 Å². The zero-order valence-corrected chi connectivity index (χ0v) is 12.6. The first kappa shape index (κ1) is 16.5. The molecule has 1 atom stereocenters. The fraction of sp³-hybridized carbons (Fsp3) is 0.562. The van der Waals surface area contributed by atoms with Crippen molar-refractivity contribution in [1.29, 1.82) is 0 Å². The maximum Gasteiger partial charge on any atom is 0.314 e. The van der Waals surface area contributed by atoms with Crippen molar-refractivity contribution in [2.24, 2.45) is 5.92 Å². The topological polar surface area (TPSA) is 61.4 Å². The Morgan fingerprint density at radius 2 is 1.95 bits per heavy atom. The van der Waals surface area contributed by atoms with Gasteiger partial charge in [0.25, 0.3) is 0 Å². The van der Waals surface area contributed by atoms with Crippen LogP contribution in [0.5, 0.6) is 0 Å². The van der Waals surface area contributed by atoms with Crippen LogP contribution in [-0.4, -0.2) is 30.3 Å². The molecule has 0 bridgehead atoms. The van der Waals surface area contributed by atoms with E-state index in [1.54, 1.807) is 0 Å². The molecule has 0 aliphatic rings. The summed E-state index contributed by atoms with van der Waals surface area (Å²) in [6, 6.07) is 8.10. The van der Waals surface area contributed by atoms with E-state index in [1.165, 1.54) is 11.1 Å². The van der Waals surface area contributed by atoms with Crippen LogP contribution >= 0.6 is 0 Å². The molecule has 112 valence electrons. The van der Waals surface area contributed by atoms with E-state index in [-0.39, 0.29) is 18.1 Å². The van der Waals surface area contributed by atoms with Crippen LogP contribution in [0, 0.1) is 12.8 Å². The van der Waals surface area contributed by atoms with Gasteiger partial charge in [-0.2, -0.15) is 0 Å². The molecule has 1 unspecified atom stereocenters. The van der Waals surface area contributed by atoms with Gasteiger partial charge in [-0.15, -0.1) is 0 Å². The Labute approximate surface area is 121 Å². The number of aliphatic hydroxyl groups excluding tert-OH is 1. The lowest BCUT2D eigenvalue weighted by Gasteiger charge is -2.14. The average Bonchev–Trinajstić information content (AvgIpc) is 2.38. The second-order valence-electron chi connectivity index (χ2n) is 5.52. The number of aliphatic hydroxyl groups is 1. The van der Waals surface area contributed by atoms with Gasteiger partial charge in [-0.05, 0) is 31.2 Å². The van der Waals surface area contributed by atoms with Gasteiger partial charge in [-0.25, -0.2) is 4.79 Å². The van der Waals surface area contributed by atoms with Gasteiger partial charge in [0.15, 0.2) is 0 Å². The van der Waals surface area contributed by atoms with Gasteiger partial charge < -0.3 is 15.7 Å². The highest BCUT2D eigenvalue weighted by Crippen LogP contribution is 2.04. The summed E-state index contributed by atoms with van der Waals surface area (Å²) >= 11 is 0. The van der Waals surface area contributed by atoms with Gasteiger partial charge in [0, 0.05) is 13.1 Å². The Balaban J connectivity index is 2.14. The first-order valence-corrected chi connectivity index (χ1v) is 7.24. The predicted octanol–water partition coefficient (Wildman–Crippen LogP) is 2.24. The first-order valence-electron chi connectivity index (χ1n) is 7.24. The van der Waals surface area contributed by atoms with Crippen LogP contribution in [-0.2, 0) is 6.42 Å². The molecule has 1 aromatic rings. The highest BCUT2D eigenvalue weighted by Gasteiger charge is 2.09. The number of carbonyl (C=O) groups is 1. The van der Waals surface area contributed by atoms with Crippen molar-refractivity contribution in [3.8, 4) is 0 Å². The maximum absolute atomic E-state index is 11.5. The average molecular weight is 278 g/mol. The summed E-state index contributed by atoms with van der Waals surface area (Å²) in [4.78, 5) is 11.5.